The van der Waals surface area contributed by atoms with Crippen molar-refractivity contribution in [3.63, 3.8) is 0 Å². The number of carbonyl (C=O) groups is 1. The van der Waals surface area contributed by atoms with Crippen LogP contribution in [0, 0.1) is 19.7 Å². The van der Waals surface area contributed by atoms with Crippen LogP contribution in [0.3, 0.4) is 0 Å². The quantitative estimate of drug-likeness (QED) is 0.443. The molecule has 33 heavy (non-hydrogen) atoms. The summed E-state index contributed by atoms with van der Waals surface area (Å²) in [4.78, 5) is 13.9. The fraction of sp³-hybridized carbons (Fsp3) is 0.240. The summed E-state index contributed by atoms with van der Waals surface area (Å²) in [6, 6.07) is 17.2. The van der Waals surface area contributed by atoms with Crippen LogP contribution in [-0.4, -0.2) is 27.1 Å². The highest BCUT2D eigenvalue weighted by Crippen LogP contribution is 2.26. The first-order valence-corrected chi connectivity index (χ1v) is 13.1. The van der Waals surface area contributed by atoms with Crippen LogP contribution in [0.1, 0.15) is 29.7 Å². The molecule has 1 atom stereocenters. The van der Waals surface area contributed by atoms with E-state index in [1.54, 1.807) is 12.1 Å². The lowest BCUT2D eigenvalue weighted by atomic mass is 10.00. The topological polar surface area (TPSA) is 66.5 Å². The van der Waals surface area contributed by atoms with Crippen LogP contribution in [0.2, 0.25) is 0 Å². The second-order valence-electron chi connectivity index (χ2n) is 7.82. The lowest BCUT2D eigenvalue weighted by Crippen LogP contribution is -2.41. The van der Waals surface area contributed by atoms with Crippen LogP contribution in [0.4, 0.5) is 10.1 Å². The lowest BCUT2D eigenvalue weighted by molar-refractivity contribution is -0.120. The first-order chi connectivity index (χ1) is 15.6. The molecule has 0 saturated carbocycles. The van der Waals surface area contributed by atoms with Crippen molar-refractivity contribution in [2.24, 2.45) is 0 Å². The van der Waals surface area contributed by atoms with Gasteiger partial charge < -0.3 is 5.32 Å². The summed E-state index contributed by atoms with van der Waals surface area (Å²) in [6.45, 7) is 5.30. The van der Waals surface area contributed by atoms with Gasteiger partial charge in [0.2, 0.25) is 5.91 Å². The van der Waals surface area contributed by atoms with Gasteiger partial charge in [-0.2, -0.15) is 0 Å². The summed E-state index contributed by atoms with van der Waals surface area (Å²) >= 11 is 1.49. The number of amides is 1. The number of nitrogens with zero attached hydrogens (tertiary/aromatic N) is 1. The van der Waals surface area contributed by atoms with E-state index in [4.69, 9.17) is 0 Å². The third kappa shape index (κ3) is 5.94. The summed E-state index contributed by atoms with van der Waals surface area (Å²) < 4.78 is 41.8. The van der Waals surface area contributed by atoms with Gasteiger partial charge in [-0.3, -0.25) is 9.10 Å². The summed E-state index contributed by atoms with van der Waals surface area (Å²) in [7, 11) is -4.11. The van der Waals surface area contributed by atoms with E-state index in [0.717, 1.165) is 32.0 Å². The Kier molecular flexibility index (Phi) is 7.81. The zero-order valence-electron chi connectivity index (χ0n) is 19.0. The van der Waals surface area contributed by atoms with Gasteiger partial charge in [0.05, 0.1) is 16.6 Å². The molecule has 0 aliphatic rings. The Bertz CT molecular complexity index is 1240. The van der Waals surface area contributed by atoms with Crippen molar-refractivity contribution in [2.75, 3.05) is 17.1 Å². The molecule has 0 aliphatic carbocycles. The third-order valence-electron chi connectivity index (χ3n) is 5.31. The van der Waals surface area contributed by atoms with Crippen LogP contribution in [0.15, 0.2) is 76.5 Å². The highest BCUT2D eigenvalue weighted by molar-refractivity contribution is 7.98. The lowest BCUT2D eigenvalue weighted by Gasteiger charge is -2.25. The zero-order valence-corrected chi connectivity index (χ0v) is 20.6. The number of rotatable bonds is 8. The number of nitrogens with one attached hydrogen (secondary N) is 1. The molecule has 3 rings (SSSR count). The maximum atomic E-state index is 13.9. The fourth-order valence-corrected chi connectivity index (χ4v) is 5.36. The molecule has 1 amide bonds. The molecule has 1 unspecified atom stereocenters. The monoisotopic (exact) mass is 486 g/mol. The predicted octanol–water partition coefficient (Wildman–Crippen LogP) is 5.24. The van der Waals surface area contributed by atoms with Gasteiger partial charge in [0.25, 0.3) is 10.0 Å². The van der Waals surface area contributed by atoms with E-state index in [-0.39, 0.29) is 16.6 Å². The second-order valence-corrected chi connectivity index (χ2v) is 10.6. The smallest absolute Gasteiger partial charge is 0.264 e. The molecular weight excluding hydrogens is 459 g/mol. The predicted molar refractivity (Wildman–Crippen MR) is 132 cm³/mol. The summed E-state index contributed by atoms with van der Waals surface area (Å²) in [6.07, 6.45) is 1.89. The minimum atomic E-state index is -4.11. The Morgan fingerprint density at radius 1 is 1.06 bits per heavy atom. The van der Waals surface area contributed by atoms with Crippen molar-refractivity contribution in [1.82, 2.24) is 5.32 Å². The second kappa shape index (κ2) is 10.4. The number of halogens is 1. The van der Waals surface area contributed by atoms with Crippen molar-refractivity contribution in [3.05, 3.63) is 89.2 Å². The number of hydrogen-bond donors (Lipinski definition) is 1. The van der Waals surface area contributed by atoms with Crippen LogP contribution in [0.25, 0.3) is 0 Å². The van der Waals surface area contributed by atoms with Gasteiger partial charge in [-0.15, -0.1) is 11.8 Å². The molecule has 3 aromatic rings. The molecule has 1 N–H and O–H groups in total. The molecule has 3 aromatic carbocycles. The van der Waals surface area contributed by atoms with Crippen molar-refractivity contribution in [3.8, 4) is 0 Å². The number of anilines is 1. The average Bonchev–Trinajstić information content (AvgIpc) is 2.79. The number of thioether (sulfide) groups is 1. The molecule has 174 valence electrons. The van der Waals surface area contributed by atoms with E-state index in [0.29, 0.717) is 0 Å². The Morgan fingerprint density at radius 3 is 2.39 bits per heavy atom. The minimum absolute atomic E-state index is 0.0277. The molecule has 0 fully saturated rings. The summed E-state index contributed by atoms with van der Waals surface area (Å²) in [5.74, 6) is -1.08. The Labute approximate surface area is 199 Å². The van der Waals surface area contributed by atoms with E-state index in [9.17, 15) is 17.6 Å². The van der Waals surface area contributed by atoms with Gasteiger partial charge in [0.15, 0.2) is 0 Å². The van der Waals surface area contributed by atoms with Crippen molar-refractivity contribution < 1.29 is 17.6 Å². The normalized spacial score (nSPS) is 12.3. The third-order valence-corrected chi connectivity index (χ3v) is 7.84. The number of hydrogen-bond acceptors (Lipinski definition) is 4. The first kappa shape index (κ1) is 24.8. The largest absolute Gasteiger partial charge is 0.348 e. The molecular formula is C25H27FN2O3S2. The molecule has 0 spiro atoms. The van der Waals surface area contributed by atoms with Gasteiger partial charge in [-0.25, -0.2) is 12.8 Å². The molecule has 0 radical (unpaired) electrons. The molecule has 0 saturated heterocycles. The maximum Gasteiger partial charge on any atom is 0.264 e. The van der Waals surface area contributed by atoms with Gasteiger partial charge in [-0.05, 0) is 80.6 Å². The SMILES string of the molecule is CSc1ccc(S(=O)(=O)N(CC(=O)NC(C)c2cc(C)ccc2C)c2cccc(F)c2)cc1. The van der Waals surface area contributed by atoms with Gasteiger partial charge >= 0.3 is 0 Å². The Balaban J connectivity index is 1.91. The van der Waals surface area contributed by atoms with E-state index in [2.05, 4.69) is 5.32 Å². The standard InChI is InChI=1S/C25H27FN2O3S2/c1-17-8-9-18(2)24(14-17)19(3)27-25(29)16-28(21-7-5-6-20(26)15-21)33(30,31)23-12-10-22(32-4)11-13-23/h5-15,19H,16H2,1-4H3,(H,27,29). The van der Waals surface area contributed by atoms with Gasteiger partial charge in [0.1, 0.15) is 12.4 Å². The zero-order chi connectivity index (χ0) is 24.2. The average molecular weight is 487 g/mol. The van der Waals surface area contributed by atoms with E-state index < -0.39 is 28.3 Å². The molecule has 0 bridgehead atoms. The van der Waals surface area contributed by atoms with E-state index in [1.165, 1.54) is 42.1 Å². The minimum Gasteiger partial charge on any atom is -0.348 e. The van der Waals surface area contributed by atoms with Crippen LogP contribution < -0.4 is 9.62 Å². The number of sulfonamides is 1. The highest BCUT2D eigenvalue weighted by atomic mass is 32.2. The van der Waals surface area contributed by atoms with Crippen molar-refractivity contribution >= 4 is 33.4 Å². The number of benzene rings is 3. The Morgan fingerprint density at radius 2 is 1.76 bits per heavy atom. The maximum absolute atomic E-state index is 13.9. The molecule has 0 aliphatic heterocycles. The molecule has 5 nitrogen and oxygen atoms in total. The number of carbonyl (C=O) groups excluding carboxylic acids is 1. The van der Waals surface area contributed by atoms with Crippen LogP contribution in [-0.2, 0) is 14.8 Å². The molecule has 0 heterocycles. The summed E-state index contributed by atoms with van der Waals surface area (Å²) in [5.41, 5.74) is 3.13. The molecule has 8 heteroatoms. The van der Waals surface area contributed by atoms with Crippen LogP contribution in [0.5, 0.6) is 0 Å². The van der Waals surface area contributed by atoms with Crippen molar-refractivity contribution in [2.45, 2.75) is 36.6 Å². The van der Waals surface area contributed by atoms with Gasteiger partial charge in [0, 0.05) is 4.90 Å². The fourth-order valence-electron chi connectivity index (χ4n) is 3.54. The number of aryl methyl sites for hydroxylation is 2. The van der Waals surface area contributed by atoms with Gasteiger partial charge in [-0.1, -0.05) is 29.8 Å². The highest BCUT2D eigenvalue weighted by Gasteiger charge is 2.28. The van der Waals surface area contributed by atoms with E-state index in [1.807, 2.05) is 45.2 Å². The first-order valence-electron chi connectivity index (χ1n) is 10.4. The Hall–Kier alpha value is -2.84. The molecule has 0 aromatic heterocycles. The van der Waals surface area contributed by atoms with Crippen LogP contribution >= 0.6 is 11.8 Å². The summed E-state index contributed by atoms with van der Waals surface area (Å²) in [5, 5.41) is 2.88. The van der Waals surface area contributed by atoms with Crippen molar-refractivity contribution in [1.29, 1.82) is 0 Å². The van der Waals surface area contributed by atoms with E-state index >= 15 is 0 Å².